The van der Waals surface area contributed by atoms with Crippen LogP contribution in [0.15, 0.2) is 73.3 Å². The van der Waals surface area contributed by atoms with Crippen molar-refractivity contribution in [3.05, 3.63) is 84.6 Å². The minimum atomic E-state index is -0.0588. The number of imidazole rings is 1. The van der Waals surface area contributed by atoms with E-state index in [0.29, 0.717) is 6.54 Å². The summed E-state index contributed by atoms with van der Waals surface area (Å²) < 4.78 is 4.01. The first-order valence-electron chi connectivity index (χ1n) is 9.04. The van der Waals surface area contributed by atoms with Crippen LogP contribution < -0.4 is 5.32 Å². The van der Waals surface area contributed by atoms with Crippen molar-refractivity contribution in [2.75, 3.05) is 0 Å². The molecular weight excluding hydrogens is 336 g/mol. The van der Waals surface area contributed by atoms with Gasteiger partial charge in [0.1, 0.15) is 6.54 Å². The molecule has 0 aliphatic heterocycles. The predicted molar refractivity (Wildman–Crippen MR) is 107 cm³/mol. The summed E-state index contributed by atoms with van der Waals surface area (Å²) in [5.41, 5.74) is 4.29. The number of aryl methyl sites for hydroxylation is 1. The van der Waals surface area contributed by atoms with Crippen LogP contribution in [-0.2, 0) is 11.3 Å². The second-order valence-electron chi connectivity index (χ2n) is 6.78. The van der Waals surface area contributed by atoms with Crippen LogP contribution in [0.1, 0.15) is 24.2 Å². The standard InChI is InChI=1S/C22H22N4O/c1-16-13-19-5-3-4-6-21(19)26(16)14-22(27)24-17(2)18-7-9-20(10-8-18)25-12-11-23-15-25/h3-13,15,17H,14H2,1-2H3,(H,24,27)/t17-/m1/s1. The van der Waals surface area contributed by atoms with Crippen molar-refractivity contribution in [1.82, 2.24) is 19.4 Å². The van der Waals surface area contributed by atoms with Crippen molar-refractivity contribution >= 4 is 16.8 Å². The van der Waals surface area contributed by atoms with Crippen LogP contribution in [0, 0.1) is 6.92 Å². The van der Waals surface area contributed by atoms with E-state index in [1.807, 2.05) is 67.1 Å². The molecule has 0 spiro atoms. The lowest BCUT2D eigenvalue weighted by atomic mass is 10.1. The lowest BCUT2D eigenvalue weighted by Crippen LogP contribution is -2.30. The summed E-state index contributed by atoms with van der Waals surface area (Å²) in [7, 11) is 0. The Morgan fingerprint density at radius 3 is 2.67 bits per heavy atom. The zero-order valence-corrected chi connectivity index (χ0v) is 15.5. The minimum Gasteiger partial charge on any atom is -0.348 e. The molecule has 0 bridgehead atoms. The van der Waals surface area contributed by atoms with Crippen molar-refractivity contribution in [1.29, 1.82) is 0 Å². The summed E-state index contributed by atoms with van der Waals surface area (Å²) in [6.45, 7) is 4.35. The van der Waals surface area contributed by atoms with Crippen LogP contribution in [0.4, 0.5) is 0 Å². The first-order valence-corrected chi connectivity index (χ1v) is 9.04. The Hall–Kier alpha value is -3.34. The molecule has 0 aliphatic rings. The highest BCUT2D eigenvalue weighted by Gasteiger charge is 2.13. The molecular formula is C22H22N4O. The number of fused-ring (bicyclic) bond motifs is 1. The number of aromatic nitrogens is 3. The number of carbonyl (C=O) groups is 1. The van der Waals surface area contributed by atoms with Gasteiger partial charge in [0.2, 0.25) is 5.91 Å². The SMILES string of the molecule is Cc1cc2ccccc2n1CC(=O)N[C@H](C)c1ccc(-n2ccnc2)cc1. The summed E-state index contributed by atoms with van der Waals surface area (Å²) in [5.74, 6) is 0.00522. The number of benzene rings is 2. The van der Waals surface area contributed by atoms with Crippen LogP contribution in [0.3, 0.4) is 0 Å². The molecule has 0 saturated heterocycles. The summed E-state index contributed by atoms with van der Waals surface area (Å²) in [6.07, 6.45) is 5.43. The van der Waals surface area contributed by atoms with Gasteiger partial charge in [0.15, 0.2) is 0 Å². The third-order valence-corrected chi connectivity index (χ3v) is 4.89. The van der Waals surface area contributed by atoms with E-state index in [0.717, 1.165) is 27.8 Å². The van der Waals surface area contributed by atoms with Gasteiger partial charge in [-0.2, -0.15) is 0 Å². The third-order valence-electron chi connectivity index (χ3n) is 4.89. The van der Waals surface area contributed by atoms with Gasteiger partial charge in [-0.3, -0.25) is 4.79 Å². The zero-order valence-electron chi connectivity index (χ0n) is 15.5. The summed E-state index contributed by atoms with van der Waals surface area (Å²) in [6, 6.07) is 18.3. The van der Waals surface area contributed by atoms with Gasteiger partial charge in [-0.05, 0) is 49.1 Å². The molecule has 5 nitrogen and oxygen atoms in total. The van der Waals surface area contributed by atoms with Crippen LogP contribution >= 0.6 is 0 Å². The first-order chi connectivity index (χ1) is 13.1. The van der Waals surface area contributed by atoms with Crippen molar-refractivity contribution < 1.29 is 4.79 Å². The molecule has 5 heteroatoms. The van der Waals surface area contributed by atoms with Gasteiger partial charge < -0.3 is 14.5 Å². The number of hydrogen-bond acceptors (Lipinski definition) is 2. The molecule has 0 aliphatic carbocycles. The molecule has 136 valence electrons. The second kappa shape index (κ2) is 7.11. The fourth-order valence-corrected chi connectivity index (χ4v) is 3.42. The molecule has 2 aromatic heterocycles. The fraction of sp³-hybridized carbons (Fsp3) is 0.182. The summed E-state index contributed by atoms with van der Waals surface area (Å²) >= 11 is 0. The Kier molecular flexibility index (Phi) is 4.50. The maximum Gasteiger partial charge on any atom is 0.240 e. The highest BCUT2D eigenvalue weighted by molar-refractivity contribution is 5.84. The van der Waals surface area contributed by atoms with E-state index in [4.69, 9.17) is 0 Å². The molecule has 27 heavy (non-hydrogen) atoms. The van der Waals surface area contributed by atoms with Crippen molar-refractivity contribution in [2.24, 2.45) is 0 Å². The Morgan fingerprint density at radius 2 is 1.93 bits per heavy atom. The lowest BCUT2D eigenvalue weighted by Gasteiger charge is -2.16. The van der Waals surface area contributed by atoms with Crippen molar-refractivity contribution in [3.8, 4) is 5.69 Å². The van der Waals surface area contributed by atoms with Gasteiger partial charge in [-0.25, -0.2) is 4.98 Å². The quantitative estimate of drug-likeness (QED) is 0.586. The highest BCUT2D eigenvalue weighted by atomic mass is 16.2. The molecule has 1 N–H and O–H groups in total. The maximum absolute atomic E-state index is 12.6. The number of rotatable bonds is 5. The van der Waals surface area contributed by atoms with Gasteiger partial charge in [-0.1, -0.05) is 30.3 Å². The Bertz CT molecular complexity index is 1060. The Labute approximate surface area is 158 Å². The molecule has 1 amide bonds. The van der Waals surface area contributed by atoms with E-state index >= 15 is 0 Å². The molecule has 4 aromatic rings. The monoisotopic (exact) mass is 358 g/mol. The highest BCUT2D eigenvalue weighted by Crippen LogP contribution is 2.20. The van der Waals surface area contributed by atoms with E-state index in [2.05, 4.69) is 27.0 Å². The number of nitrogens with one attached hydrogen (secondary N) is 1. The topological polar surface area (TPSA) is 51.9 Å². The molecule has 0 saturated carbocycles. The van der Waals surface area contributed by atoms with Gasteiger partial charge in [0.25, 0.3) is 0 Å². The van der Waals surface area contributed by atoms with Gasteiger partial charge in [0, 0.05) is 29.3 Å². The smallest absolute Gasteiger partial charge is 0.240 e. The van der Waals surface area contributed by atoms with Crippen molar-refractivity contribution in [2.45, 2.75) is 26.4 Å². The van der Waals surface area contributed by atoms with Gasteiger partial charge in [-0.15, -0.1) is 0 Å². The van der Waals surface area contributed by atoms with Crippen LogP contribution in [0.25, 0.3) is 16.6 Å². The number of amides is 1. The van der Waals surface area contributed by atoms with Gasteiger partial charge in [0.05, 0.1) is 12.4 Å². The number of carbonyl (C=O) groups excluding carboxylic acids is 1. The summed E-state index contributed by atoms with van der Waals surface area (Å²) in [5, 5.41) is 4.26. The van der Waals surface area contributed by atoms with E-state index in [9.17, 15) is 4.79 Å². The lowest BCUT2D eigenvalue weighted by molar-refractivity contribution is -0.122. The minimum absolute atomic E-state index is 0.00522. The van der Waals surface area contributed by atoms with E-state index in [1.54, 1.807) is 12.5 Å². The Balaban J connectivity index is 1.45. The van der Waals surface area contributed by atoms with E-state index < -0.39 is 0 Å². The van der Waals surface area contributed by atoms with Crippen molar-refractivity contribution in [3.63, 3.8) is 0 Å². The van der Waals surface area contributed by atoms with E-state index in [1.165, 1.54) is 0 Å². The van der Waals surface area contributed by atoms with Gasteiger partial charge >= 0.3 is 0 Å². The van der Waals surface area contributed by atoms with E-state index in [-0.39, 0.29) is 11.9 Å². The summed E-state index contributed by atoms with van der Waals surface area (Å²) in [4.78, 5) is 16.7. The number of nitrogens with zero attached hydrogens (tertiary/aromatic N) is 3. The average molecular weight is 358 g/mol. The molecule has 0 fully saturated rings. The molecule has 4 rings (SSSR count). The Morgan fingerprint density at radius 1 is 1.15 bits per heavy atom. The average Bonchev–Trinajstić information content (AvgIpc) is 3.31. The van der Waals surface area contributed by atoms with Crippen LogP contribution in [0.2, 0.25) is 0 Å². The van der Waals surface area contributed by atoms with Crippen LogP contribution in [-0.4, -0.2) is 20.0 Å². The predicted octanol–water partition coefficient (Wildman–Crippen LogP) is 4.01. The molecule has 0 radical (unpaired) electrons. The second-order valence-corrected chi connectivity index (χ2v) is 6.78. The largest absolute Gasteiger partial charge is 0.348 e. The normalized spacial score (nSPS) is 12.2. The molecule has 2 aromatic carbocycles. The molecule has 1 atom stereocenters. The number of para-hydroxylation sites is 1. The third kappa shape index (κ3) is 3.49. The zero-order chi connectivity index (χ0) is 18.8. The number of hydrogen-bond donors (Lipinski definition) is 1. The molecule has 0 unspecified atom stereocenters. The van der Waals surface area contributed by atoms with Crippen LogP contribution in [0.5, 0.6) is 0 Å². The maximum atomic E-state index is 12.6. The fourth-order valence-electron chi connectivity index (χ4n) is 3.42. The molecule has 2 heterocycles. The first kappa shape index (κ1) is 17.1.